The lowest BCUT2D eigenvalue weighted by Gasteiger charge is -2.20. The van der Waals surface area contributed by atoms with Crippen LogP contribution >= 0.6 is 0 Å². The summed E-state index contributed by atoms with van der Waals surface area (Å²) < 4.78 is 0. The topological polar surface area (TPSA) is 144 Å². The Bertz CT molecular complexity index is 471. The first-order valence-electron chi connectivity index (χ1n) is 9.56. The van der Waals surface area contributed by atoms with Crippen LogP contribution in [0.5, 0.6) is 0 Å². The van der Waals surface area contributed by atoms with Crippen molar-refractivity contribution < 1.29 is 24.9 Å². The van der Waals surface area contributed by atoms with Gasteiger partial charge in [0.2, 0.25) is 12.1 Å². The highest BCUT2D eigenvalue weighted by atomic mass is 16.6. The fourth-order valence-corrected chi connectivity index (χ4v) is 2.90. The minimum Gasteiger partial charge on any atom is -0.386 e. The first kappa shape index (κ1) is 25.1. The first-order chi connectivity index (χ1) is 12.8. The highest BCUT2D eigenvalue weighted by molar-refractivity contribution is 5.48. The van der Waals surface area contributed by atoms with E-state index in [0.29, 0.717) is 19.3 Å². The highest BCUT2D eigenvalue weighted by Gasteiger charge is 2.36. The number of nitro groups is 2. The van der Waals surface area contributed by atoms with Crippen LogP contribution in [0.4, 0.5) is 0 Å². The number of hydrogen-bond donors (Lipinski definition) is 2. The molecule has 4 atom stereocenters. The van der Waals surface area contributed by atoms with E-state index in [1.165, 1.54) is 0 Å². The molecule has 0 spiro atoms. The van der Waals surface area contributed by atoms with Crippen LogP contribution in [-0.4, -0.2) is 50.6 Å². The van der Waals surface area contributed by atoms with Gasteiger partial charge < -0.3 is 15.0 Å². The summed E-state index contributed by atoms with van der Waals surface area (Å²) in [6.07, 6.45) is 6.09. The monoisotopic (exact) mass is 388 g/mol. The van der Waals surface area contributed by atoms with Crippen LogP contribution in [0.1, 0.15) is 71.1 Å². The molecule has 0 aromatic carbocycles. The molecule has 0 radical (unpaired) electrons. The van der Waals surface area contributed by atoms with E-state index in [2.05, 4.69) is 0 Å². The number of aldehydes is 1. The number of nitrogens with zero attached hydrogens (tertiary/aromatic N) is 2. The molecule has 9 nitrogen and oxygen atoms in total. The van der Waals surface area contributed by atoms with E-state index in [9.17, 15) is 35.2 Å². The van der Waals surface area contributed by atoms with Gasteiger partial charge in [0.05, 0.1) is 0 Å². The maximum atomic E-state index is 11.2. The summed E-state index contributed by atoms with van der Waals surface area (Å²) in [5.74, 6) is 0. The molecule has 0 bridgehead atoms. The lowest BCUT2D eigenvalue weighted by molar-refractivity contribution is -0.543. The molecule has 0 aliphatic rings. The minimum absolute atomic E-state index is 0.0125. The van der Waals surface area contributed by atoms with E-state index in [1.807, 2.05) is 6.92 Å². The molecule has 0 heterocycles. The van der Waals surface area contributed by atoms with Crippen molar-refractivity contribution in [3.05, 3.63) is 32.4 Å². The van der Waals surface area contributed by atoms with Crippen molar-refractivity contribution in [2.24, 2.45) is 0 Å². The maximum absolute atomic E-state index is 11.2. The van der Waals surface area contributed by atoms with E-state index in [0.717, 1.165) is 32.0 Å². The molecule has 156 valence electrons. The van der Waals surface area contributed by atoms with Crippen molar-refractivity contribution in [1.29, 1.82) is 0 Å². The van der Waals surface area contributed by atoms with Crippen molar-refractivity contribution in [2.45, 2.75) is 95.4 Å². The van der Waals surface area contributed by atoms with Crippen molar-refractivity contribution in [2.75, 3.05) is 0 Å². The van der Waals surface area contributed by atoms with Crippen LogP contribution in [0, 0.1) is 20.2 Å². The number of hydrogen-bond acceptors (Lipinski definition) is 7. The van der Waals surface area contributed by atoms with E-state index in [4.69, 9.17) is 0 Å². The number of rotatable bonds is 17. The van der Waals surface area contributed by atoms with Gasteiger partial charge >= 0.3 is 0 Å². The fraction of sp³-hybridized carbons (Fsp3) is 0.833. The Morgan fingerprint density at radius 3 is 2.00 bits per heavy atom. The van der Waals surface area contributed by atoms with Gasteiger partial charge in [0, 0.05) is 35.5 Å². The fourth-order valence-electron chi connectivity index (χ4n) is 2.90. The largest absolute Gasteiger partial charge is 0.386 e. The Morgan fingerprint density at radius 1 is 0.889 bits per heavy atom. The van der Waals surface area contributed by atoms with Gasteiger partial charge in [-0.05, 0) is 19.3 Å². The van der Waals surface area contributed by atoms with Gasteiger partial charge in [0.25, 0.3) is 0 Å². The predicted molar refractivity (Wildman–Crippen MR) is 101 cm³/mol. The summed E-state index contributed by atoms with van der Waals surface area (Å²) in [7, 11) is 0. The number of allylic oxidation sites excluding steroid dienone is 1. The van der Waals surface area contributed by atoms with Crippen LogP contribution < -0.4 is 0 Å². The molecular weight excluding hydrogens is 356 g/mol. The third-order valence-electron chi connectivity index (χ3n) is 4.51. The third-order valence-corrected chi connectivity index (χ3v) is 4.51. The molecule has 0 saturated heterocycles. The number of carbonyl (C=O) groups excluding carboxylic acids is 1. The van der Waals surface area contributed by atoms with Gasteiger partial charge in [0.15, 0.2) is 0 Å². The molecule has 0 fully saturated rings. The number of aliphatic hydroxyl groups excluding tert-OH is 2. The van der Waals surface area contributed by atoms with Gasteiger partial charge in [-0.3, -0.25) is 20.2 Å². The molecular formula is C18H32N2O7. The molecule has 2 N–H and O–H groups in total. The van der Waals surface area contributed by atoms with Gasteiger partial charge in [-0.15, -0.1) is 0 Å². The first-order valence-corrected chi connectivity index (χ1v) is 9.56. The molecule has 0 aromatic heterocycles. The second-order valence-electron chi connectivity index (χ2n) is 6.70. The lowest BCUT2D eigenvalue weighted by atomic mass is 9.95. The van der Waals surface area contributed by atoms with Gasteiger partial charge in [0.1, 0.15) is 18.5 Å². The average Bonchev–Trinajstić information content (AvgIpc) is 2.60. The second kappa shape index (κ2) is 15.2. The Balaban J connectivity index is 4.51. The zero-order valence-corrected chi connectivity index (χ0v) is 15.9. The molecule has 0 aromatic rings. The molecule has 0 amide bonds. The van der Waals surface area contributed by atoms with Crippen LogP contribution in [0.3, 0.4) is 0 Å². The summed E-state index contributed by atoms with van der Waals surface area (Å²) in [5.41, 5.74) is 0. The van der Waals surface area contributed by atoms with Gasteiger partial charge in [-0.2, -0.15) is 0 Å². The summed E-state index contributed by atoms with van der Waals surface area (Å²) in [6, 6.07) is -2.55. The molecule has 0 saturated carbocycles. The normalized spacial score (nSPS) is 16.0. The van der Waals surface area contributed by atoms with Crippen molar-refractivity contribution in [3.8, 4) is 0 Å². The zero-order valence-electron chi connectivity index (χ0n) is 15.9. The molecule has 27 heavy (non-hydrogen) atoms. The van der Waals surface area contributed by atoms with Gasteiger partial charge in [-0.25, -0.2) is 0 Å². The number of aliphatic hydroxyl groups is 2. The number of unbranched alkanes of at least 4 members (excludes halogenated alkanes) is 5. The summed E-state index contributed by atoms with van der Waals surface area (Å²) in [6.45, 7) is 1.88. The second-order valence-corrected chi connectivity index (χ2v) is 6.70. The van der Waals surface area contributed by atoms with E-state index in [-0.39, 0.29) is 12.8 Å². The predicted octanol–water partition coefficient (Wildman–Crippen LogP) is 2.67. The molecule has 0 aliphatic carbocycles. The third kappa shape index (κ3) is 11.4. The Kier molecular flexibility index (Phi) is 14.2. The Hall–Kier alpha value is -1.87. The summed E-state index contributed by atoms with van der Waals surface area (Å²) >= 11 is 0. The smallest absolute Gasteiger partial charge is 0.242 e. The number of carbonyl (C=O) groups is 1. The summed E-state index contributed by atoms with van der Waals surface area (Å²) in [5, 5.41) is 42.6. The van der Waals surface area contributed by atoms with Crippen molar-refractivity contribution >= 4 is 6.29 Å². The quantitative estimate of drug-likeness (QED) is 0.128. The van der Waals surface area contributed by atoms with Crippen molar-refractivity contribution in [3.63, 3.8) is 0 Å². The van der Waals surface area contributed by atoms with Crippen LogP contribution in [-0.2, 0) is 4.79 Å². The lowest BCUT2D eigenvalue weighted by Crippen LogP contribution is -2.41. The van der Waals surface area contributed by atoms with Crippen molar-refractivity contribution in [1.82, 2.24) is 0 Å². The van der Waals surface area contributed by atoms with Gasteiger partial charge in [-0.1, -0.05) is 38.3 Å². The molecule has 4 unspecified atom stereocenters. The SMILES string of the molecule is CC/C=C\CC(C(O)CC(O)C(CCCCCCCC=O)[N+](=O)[O-])[N+](=O)[O-]. The zero-order chi connectivity index (χ0) is 20.7. The van der Waals surface area contributed by atoms with E-state index in [1.54, 1.807) is 12.2 Å². The Morgan fingerprint density at radius 2 is 1.44 bits per heavy atom. The van der Waals surface area contributed by atoms with E-state index >= 15 is 0 Å². The van der Waals surface area contributed by atoms with E-state index < -0.39 is 40.6 Å². The van der Waals surface area contributed by atoms with Crippen LogP contribution in [0.2, 0.25) is 0 Å². The molecule has 9 heteroatoms. The van der Waals surface area contributed by atoms with Crippen LogP contribution in [0.25, 0.3) is 0 Å². The minimum atomic E-state index is -1.46. The van der Waals surface area contributed by atoms with Crippen LogP contribution in [0.15, 0.2) is 12.2 Å². The highest BCUT2D eigenvalue weighted by Crippen LogP contribution is 2.18. The molecule has 0 rings (SSSR count). The maximum Gasteiger partial charge on any atom is 0.242 e. The average molecular weight is 388 g/mol. The Labute approximate surface area is 159 Å². The standard InChI is InChI=1S/C18H32N2O7/c1-2-3-8-11-15(19(24)25)17(22)14-18(23)16(20(26)27)12-9-6-4-5-7-10-13-21/h3,8,13,15-18,22-23H,2,4-7,9-12,14H2,1H3/b8-3-. The summed E-state index contributed by atoms with van der Waals surface area (Å²) in [4.78, 5) is 31.4. The molecule has 0 aliphatic heterocycles.